The van der Waals surface area contributed by atoms with Crippen molar-refractivity contribution in [3.8, 4) is 23.3 Å². The molecule has 0 bridgehead atoms. The lowest BCUT2D eigenvalue weighted by atomic mass is 9.82. The summed E-state index contributed by atoms with van der Waals surface area (Å²) in [6.07, 6.45) is 0.416. The van der Waals surface area contributed by atoms with E-state index in [1.165, 1.54) is 17.9 Å². The van der Waals surface area contributed by atoms with Crippen molar-refractivity contribution in [3.05, 3.63) is 18.3 Å². The Morgan fingerprint density at radius 1 is 1.48 bits per heavy atom. The molecule has 2 aromatic heterocycles. The third-order valence-corrected chi connectivity index (χ3v) is 3.74. The van der Waals surface area contributed by atoms with Gasteiger partial charge in [-0.2, -0.15) is 5.26 Å². The highest BCUT2D eigenvalue weighted by Crippen LogP contribution is 2.27. The van der Waals surface area contributed by atoms with E-state index in [-0.39, 0.29) is 17.5 Å². The second kappa shape index (κ2) is 6.17. The number of nitrogens with zero attached hydrogens (tertiary/aromatic N) is 5. The maximum atomic E-state index is 12.2. The molecule has 3 heterocycles. The van der Waals surface area contributed by atoms with Crippen molar-refractivity contribution in [1.82, 2.24) is 25.3 Å². The van der Waals surface area contributed by atoms with Crippen LogP contribution in [0.15, 0.2) is 18.3 Å². The molecular formula is C14H14N8O3. The number of hydrogen-bond acceptors (Lipinski definition) is 8. The molecule has 4 N–H and O–H groups in total. The van der Waals surface area contributed by atoms with E-state index in [4.69, 9.17) is 15.7 Å². The van der Waals surface area contributed by atoms with Gasteiger partial charge in [0.2, 0.25) is 5.91 Å². The minimum atomic E-state index is -1.05. The molecule has 11 heteroatoms. The van der Waals surface area contributed by atoms with Crippen molar-refractivity contribution in [3.63, 3.8) is 0 Å². The number of ether oxygens (including phenoxy) is 1. The number of pyridine rings is 1. The fourth-order valence-electron chi connectivity index (χ4n) is 2.24. The standard InChI is InChI=1S/C14H14N8O3/c1-22-11(25-13(16)24)10(20-21-22)9-3-2-8(4-18-9)19-12(23)14(5-15)6-17-7-14/h2-4,17H,6-7H2,1H3,(H2,16,24)(H,19,23). The summed E-state index contributed by atoms with van der Waals surface area (Å²) in [7, 11) is 1.54. The lowest BCUT2D eigenvalue weighted by molar-refractivity contribution is -0.124. The summed E-state index contributed by atoms with van der Waals surface area (Å²) in [6, 6.07) is 5.20. The number of aryl methyl sites for hydroxylation is 1. The third kappa shape index (κ3) is 2.98. The molecule has 0 unspecified atom stereocenters. The van der Waals surface area contributed by atoms with Gasteiger partial charge in [-0.25, -0.2) is 9.48 Å². The van der Waals surface area contributed by atoms with E-state index in [1.807, 2.05) is 6.07 Å². The third-order valence-electron chi connectivity index (χ3n) is 3.74. The van der Waals surface area contributed by atoms with Crippen LogP contribution in [0.1, 0.15) is 0 Å². The van der Waals surface area contributed by atoms with E-state index in [9.17, 15) is 9.59 Å². The van der Waals surface area contributed by atoms with Gasteiger partial charge in [-0.1, -0.05) is 5.21 Å². The topological polar surface area (TPSA) is 161 Å². The average Bonchev–Trinajstić information content (AvgIpc) is 2.88. The lowest BCUT2D eigenvalue weighted by Gasteiger charge is -2.34. The van der Waals surface area contributed by atoms with E-state index in [2.05, 4.69) is 25.9 Å². The monoisotopic (exact) mass is 342 g/mol. The summed E-state index contributed by atoms with van der Waals surface area (Å²) in [5.41, 5.74) is 5.01. The quantitative estimate of drug-likeness (QED) is 0.662. The van der Waals surface area contributed by atoms with Gasteiger partial charge in [-0.3, -0.25) is 9.78 Å². The second-order valence-corrected chi connectivity index (χ2v) is 5.47. The number of rotatable bonds is 4. The van der Waals surface area contributed by atoms with Crippen molar-refractivity contribution in [2.75, 3.05) is 18.4 Å². The van der Waals surface area contributed by atoms with Gasteiger partial charge in [0.15, 0.2) is 11.1 Å². The summed E-state index contributed by atoms with van der Waals surface area (Å²) in [5, 5.41) is 22.4. The Hall–Kier alpha value is -3.52. The molecule has 0 aliphatic carbocycles. The maximum absolute atomic E-state index is 12.2. The Labute approximate surface area is 141 Å². The summed E-state index contributed by atoms with van der Waals surface area (Å²) in [5.74, 6) is -0.332. The minimum absolute atomic E-state index is 0.0563. The normalized spacial score (nSPS) is 14.9. The van der Waals surface area contributed by atoms with E-state index in [0.29, 0.717) is 24.5 Å². The molecule has 0 aromatic carbocycles. The van der Waals surface area contributed by atoms with Crippen LogP contribution in [-0.4, -0.2) is 45.1 Å². The highest BCUT2D eigenvalue weighted by molar-refractivity contribution is 5.98. The lowest BCUT2D eigenvalue weighted by Crippen LogP contribution is -2.59. The highest BCUT2D eigenvalue weighted by atomic mass is 16.6. The Morgan fingerprint density at radius 3 is 2.76 bits per heavy atom. The van der Waals surface area contributed by atoms with Crippen molar-refractivity contribution < 1.29 is 14.3 Å². The molecule has 128 valence electrons. The first kappa shape index (κ1) is 16.3. The van der Waals surface area contributed by atoms with Gasteiger partial charge < -0.3 is 21.1 Å². The van der Waals surface area contributed by atoms with Gasteiger partial charge in [0.25, 0.3) is 5.88 Å². The number of carbonyl (C=O) groups is 2. The molecule has 0 radical (unpaired) electrons. The Bertz CT molecular complexity index is 863. The molecule has 1 aliphatic heterocycles. The molecule has 1 fully saturated rings. The number of nitrogens with one attached hydrogen (secondary N) is 2. The zero-order valence-corrected chi connectivity index (χ0v) is 13.2. The van der Waals surface area contributed by atoms with E-state index in [0.717, 1.165) is 0 Å². The number of anilines is 1. The van der Waals surface area contributed by atoms with Crippen LogP contribution in [0.25, 0.3) is 11.4 Å². The molecule has 3 rings (SSSR count). The number of nitriles is 1. The van der Waals surface area contributed by atoms with Crippen molar-refractivity contribution in [2.24, 2.45) is 18.2 Å². The van der Waals surface area contributed by atoms with Gasteiger partial charge in [0.05, 0.1) is 23.6 Å². The Morgan fingerprint density at radius 2 is 2.24 bits per heavy atom. The molecule has 0 atom stereocenters. The van der Waals surface area contributed by atoms with E-state index in [1.54, 1.807) is 12.1 Å². The van der Waals surface area contributed by atoms with Crippen molar-refractivity contribution in [1.29, 1.82) is 5.26 Å². The van der Waals surface area contributed by atoms with Gasteiger partial charge in [-0.15, -0.1) is 5.10 Å². The molecule has 2 aromatic rings. The van der Waals surface area contributed by atoms with Gasteiger partial charge >= 0.3 is 6.09 Å². The largest absolute Gasteiger partial charge is 0.411 e. The number of nitrogens with two attached hydrogens (primary N) is 1. The Balaban J connectivity index is 1.78. The Kier molecular flexibility index (Phi) is 4.04. The molecular weight excluding hydrogens is 328 g/mol. The van der Waals surface area contributed by atoms with Gasteiger partial charge in [-0.05, 0) is 12.1 Å². The van der Waals surface area contributed by atoms with Gasteiger partial charge in [0.1, 0.15) is 0 Å². The SMILES string of the molecule is Cn1nnc(-c2ccc(NC(=O)C3(C#N)CNC3)cn2)c1OC(N)=O. The molecule has 11 nitrogen and oxygen atoms in total. The van der Waals surface area contributed by atoms with Crippen LogP contribution in [0.2, 0.25) is 0 Å². The van der Waals surface area contributed by atoms with Crippen LogP contribution in [0.4, 0.5) is 10.5 Å². The van der Waals surface area contributed by atoms with Crippen molar-refractivity contribution >= 4 is 17.7 Å². The molecule has 0 spiro atoms. The fourth-order valence-corrected chi connectivity index (χ4v) is 2.24. The van der Waals surface area contributed by atoms with E-state index < -0.39 is 11.5 Å². The highest BCUT2D eigenvalue weighted by Gasteiger charge is 2.44. The summed E-state index contributed by atoms with van der Waals surface area (Å²) in [6.45, 7) is 0.628. The predicted octanol–water partition coefficient (Wildman–Crippen LogP) is -0.614. The summed E-state index contributed by atoms with van der Waals surface area (Å²) < 4.78 is 6.12. The summed E-state index contributed by atoms with van der Waals surface area (Å²) >= 11 is 0. The van der Waals surface area contributed by atoms with Crippen LogP contribution in [0.3, 0.4) is 0 Å². The number of aromatic nitrogens is 4. The van der Waals surface area contributed by atoms with Gasteiger partial charge in [0, 0.05) is 20.1 Å². The molecule has 2 amide bonds. The smallest absolute Gasteiger partial charge is 0.389 e. The number of carbonyl (C=O) groups excluding carboxylic acids is 2. The zero-order valence-electron chi connectivity index (χ0n) is 13.2. The first-order valence-corrected chi connectivity index (χ1v) is 7.22. The number of amides is 2. The molecule has 1 saturated heterocycles. The predicted molar refractivity (Wildman–Crippen MR) is 84.0 cm³/mol. The second-order valence-electron chi connectivity index (χ2n) is 5.47. The van der Waals surface area contributed by atoms with E-state index >= 15 is 0 Å². The molecule has 1 aliphatic rings. The van der Waals surface area contributed by atoms with Crippen LogP contribution < -0.4 is 21.1 Å². The average molecular weight is 342 g/mol. The summed E-state index contributed by atoms with van der Waals surface area (Å²) in [4.78, 5) is 27.3. The van der Waals surface area contributed by atoms with Crippen LogP contribution in [0.5, 0.6) is 5.88 Å². The van der Waals surface area contributed by atoms with Crippen LogP contribution in [-0.2, 0) is 11.8 Å². The first-order valence-electron chi connectivity index (χ1n) is 7.22. The number of primary amides is 1. The number of hydrogen-bond donors (Lipinski definition) is 3. The van der Waals surface area contributed by atoms with Crippen LogP contribution in [0, 0.1) is 16.7 Å². The molecule has 0 saturated carbocycles. The van der Waals surface area contributed by atoms with Crippen molar-refractivity contribution in [2.45, 2.75) is 0 Å². The maximum Gasteiger partial charge on any atom is 0.411 e. The van der Waals surface area contributed by atoms with Crippen LogP contribution >= 0.6 is 0 Å². The first-order chi connectivity index (χ1) is 11.9. The zero-order chi connectivity index (χ0) is 18.0. The minimum Gasteiger partial charge on any atom is -0.389 e. The fraction of sp³-hybridized carbons (Fsp3) is 0.286. The molecule has 25 heavy (non-hydrogen) atoms.